The first-order chi connectivity index (χ1) is 10.8. The van der Waals surface area contributed by atoms with Crippen LogP contribution in [-0.2, 0) is 24.3 Å². The van der Waals surface area contributed by atoms with Gasteiger partial charge in [-0.05, 0) is 24.8 Å². The van der Waals surface area contributed by atoms with E-state index >= 15 is 0 Å². The largest absolute Gasteiger partial charge is 0.377 e. The topological polar surface area (TPSA) is 52.0 Å². The molecule has 0 amide bonds. The number of ether oxygens (including phenoxy) is 1. The maximum atomic E-state index is 5.12. The molecule has 0 aromatic carbocycles. The summed E-state index contributed by atoms with van der Waals surface area (Å²) < 4.78 is 7.19. The van der Waals surface area contributed by atoms with Crippen LogP contribution >= 0.6 is 0 Å². The van der Waals surface area contributed by atoms with Gasteiger partial charge in [0.05, 0.1) is 6.54 Å². The summed E-state index contributed by atoms with van der Waals surface area (Å²) in [7, 11) is 1.69. The molecule has 2 unspecified atom stereocenters. The molecular formula is C17H30N4O. The lowest BCUT2D eigenvalue weighted by Gasteiger charge is -2.30. The summed E-state index contributed by atoms with van der Waals surface area (Å²) in [6, 6.07) is 0.538. The average Bonchev–Trinajstić information content (AvgIpc) is 2.95. The van der Waals surface area contributed by atoms with Crippen LogP contribution in [-0.4, -0.2) is 34.5 Å². The van der Waals surface area contributed by atoms with E-state index in [-0.39, 0.29) is 0 Å². The summed E-state index contributed by atoms with van der Waals surface area (Å²) in [5.74, 6) is 3.65. The molecule has 5 heteroatoms. The van der Waals surface area contributed by atoms with Crippen molar-refractivity contribution < 1.29 is 4.74 Å². The van der Waals surface area contributed by atoms with Crippen LogP contribution in [0.5, 0.6) is 0 Å². The zero-order valence-electron chi connectivity index (χ0n) is 14.1. The molecule has 5 nitrogen and oxygen atoms in total. The van der Waals surface area contributed by atoms with Gasteiger partial charge in [0.15, 0.2) is 5.82 Å². The molecule has 0 radical (unpaired) electrons. The van der Waals surface area contributed by atoms with Crippen LogP contribution in [0, 0.1) is 11.8 Å². The van der Waals surface area contributed by atoms with Crippen molar-refractivity contribution in [2.24, 2.45) is 11.8 Å². The number of fused-ring (bicyclic) bond motifs is 1. The van der Waals surface area contributed by atoms with Crippen LogP contribution in [0.15, 0.2) is 0 Å². The normalized spacial score (nSPS) is 24.2. The van der Waals surface area contributed by atoms with Crippen LogP contribution in [0.4, 0.5) is 0 Å². The number of methoxy groups -OCH3 is 1. The van der Waals surface area contributed by atoms with Crippen molar-refractivity contribution in [1.29, 1.82) is 0 Å². The van der Waals surface area contributed by atoms with E-state index in [1.54, 1.807) is 7.11 Å². The molecule has 3 rings (SSSR count). The molecule has 1 aliphatic heterocycles. The van der Waals surface area contributed by atoms with E-state index in [0.29, 0.717) is 12.6 Å². The second-order valence-electron chi connectivity index (χ2n) is 7.08. The minimum Gasteiger partial charge on any atom is -0.377 e. The van der Waals surface area contributed by atoms with Crippen molar-refractivity contribution in [3.05, 3.63) is 11.6 Å². The van der Waals surface area contributed by atoms with E-state index in [4.69, 9.17) is 4.74 Å². The first-order valence-electron chi connectivity index (χ1n) is 8.91. The van der Waals surface area contributed by atoms with Crippen LogP contribution in [0.1, 0.15) is 57.1 Å². The standard InChI is InChI=1S/C17H30N4O/c1-13(14-6-4-3-5-7-14)10-18-15-8-9-17-19-16(12-22-2)20-21(17)11-15/h13-15,18H,3-12H2,1-2H3. The third-order valence-corrected chi connectivity index (χ3v) is 5.36. The van der Waals surface area contributed by atoms with E-state index in [1.165, 1.54) is 38.5 Å². The van der Waals surface area contributed by atoms with E-state index in [0.717, 1.165) is 43.0 Å². The smallest absolute Gasteiger partial charge is 0.176 e. The Kier molecular flexibility index (Phi) is 5.47. The second kappa shape index (κ2) is 7.55. The van der Waals surface area contributed by atoms with Crippen LogP contribution in [0.25, 0.3) is 0 Å². The Labute approximate surface area is 133 Å². The highest BCUT2D eigenvalue weighted by atomic mass is 16.5. The SMILES string of the molecule is COCc1nc2n(n1)CC(NCC(C)C1CCCCC1)CC2. The fraction of sp³-hybridized carbons (Fsp3) is 0.882. The first kappa shape index (κ1) is 15.9. The number of hydrogen-bond donors (Lipinski definition) is 1. The predicted molar refractivity (Wildman–Crippen MR) is 86.6 cm³/mol. The first-order valence-corrected chi connectivity index (χ1v) is 8.91. The minimum atomic E-state index is 0.511. The van der Waals surface area contributed by atoms with Gasteiger partial charge in [0.1, 0.15) is 12.4 Å². The summed E-state index contributed by atoms with van der Waals surface area (Å²) in [5.41, 5.74) is 0. The molecule has 2 aliphatic rings. The van der Waals surface area contributed by atoms with E-state index in [2.05, 4.69) is 27.0 Å². The second-order valence-corrected chi connectivity index (χ2v) is 7.08. The molecule has 124 valence electrons. The highest BCUT2D eigenvalue weighted by Gasteiger charge is 2.24. The third-order valence-electron chi connectivity index (χ3n) is 5.36. The Morgan fingerprint density at radius 2 is 2.09 bits per heavy atom. The van der Waals surface area contributed by atoms with Crippen molar-refractivity contribution in [3.63, 3.8) is 0 Å². The quantitative estimate of drug-likeness (QED) is 0.877. The van der Waals surface area contributed by atoms with Gasteiger partial charge in [-0.15, -0.1) is 0 Å². The van der Waals surface area contributed by atoms with E-state index < -0.39 is 0 Å². The Morgan fingerprint density at radius 1 is 1.27 bits per heavy atom. The molecule has 0 spiro atoms. The molecule has 22 heavy (non-hydrogen) atoms. The van der Waals surface area contributed by atoms with E-state index in [1.807, 2.05) is 0 Å². The lowest BCUT2D eigenvalue weighted by Crippen LogP contribution is -2.41. The lowest BCUT2D eigenvalue weighted by atomic mass is 9.81. The van der Waals surface area contributed by atoms with Gasteiger partial charge in [-0.2, -0.15) is 5.10 Å². The van der Waals surface area contributed by atoms with E-state index in [9.17, 15) is 0 Å². The Hall–Kier alpha value is -0.940. The predicted octanol–water partition coefficient (Wildman–Crippen LogP) is 2.55. The van der Waals surface area contributed by atoms with Crippen molar-refractivity contribution in [2.45, 2.75) is 71.1 Å². The average molecular weight is 306 g/mol. The highest BCUT2D eigenvalue weighted by molar-refractivity contribution is 4.97. The Morgan fingerprint density at radius 3 is 2.86 bits per heavy atom. The summed E-state index contributed by atoms with van der Waals surface area (Å²) in [4.78, 5) is 4.54. The highest BCUT2D eigenvalue weighted by Crippen LogP contribution is 2.29. The Balaban J connectivity index is 1.47. The van der Waals surface area contributed by atoms with Crippen molar-refractivity contribution >= 4 is 0 Å². The molecule has 0 bridgehead atoms. The summed E-state index contributed by atoms with van der Waals surface area (Å²) in [5, 5.41) is 8.33. The monoisotopic (exact) mass is 306 g/mol. The Bertz CT molecular complexity index is 467. The van der Waals surface area contributed by atoms with Gasteiger partial charge in [-0.25, -0.2) is 9.67 Å². The molecule has 1 aromatic heterocycles. The summed E-state index contributed by atoms with van der Waals surface area (Å²) in [6.07, 6.45) is 9.36. The third kappa shape index (κ3) is 3.87. The molecular weight excluding hydrogens is 276 g/mol. The van der Waals surface area contributed by atoms with Crippen LogP contribution < -0.4 is 5.32 Å². The zero-order valence-corrected chi connectivity index (χ0v) is 14.1. The van der Waals surface area contributed by atoms with Gasteiger partial charge in [0.25, 0.3) is 0 Å². The molecule has 2 heterocycles. The van der Waals surface area contributed by atoms with Crippen molar-refractivity contribution in [3.8, 4) is 0 Å². The summed E-state index contributed by atoms with van der Waals surface area (Å²) >= 11 is 0. The zero-order chi connectivity index (χ0) is 15.4. The van der Waals surface area contributed by atoms with Gasteiger partial charge in [0, 0.05) is 19.6 Å². The van der Waals surface area contributed by atoms with Gasteiger partial charge in [0.2, 0.25) is 0 Å². The van der Waals surface area contributed by atoms with Crippen molar-refractivity contribution in [2.75, 3.05) is 13.7 Å². The number of nitrogens with one attached hydrogen (secondary N) is 1. The van der Waals surface area contributed by atoms with Crippen LogP contribution in [0.2, 0.25) is 0 Å². The number of rotatable bonds is 6. The number of nitrogens with zero attached hydrogens (tertiary/aromatic N) is 3. The molecule has 1 aromatic rings. The van der Waals surface area contributed by atoms with Gasteiger partial charge < -0.3 is 10.1 Å². The summed E-state index contributed by atoms with van der Waals surface area (Å²) in [6.45, 7) is 5.02. The molecule has 1 N–H and O–H groups in total. The maximum absolute atomic E-state index is 5.12. The van der Waals surface area contributed by atoms with Crippen LogP contribution in [0.3, 0.4) is 0 Å². The number of aryl methyl sites for hydroxylation is 1. The lowest BCUT2D eigenvalue weighted by molar-refractivity contribution is 0.177. The number of hydrogen-bond acceptors (Lipinski definition) is 4. The molecule has 0 saturated heterocycles. The fourth-order valence-corrected chi connectivity index (χ4v) is 3.94. The molecule has 1 fully saturated rings. The molecule has 1 saturated carbocycles. The minimum absolute atomic E-state index is 0.511. The maximum Gasteiger partial charge on any atom is 0.176 e. The molecule has 2 atom stereocenters. The molecule has 1 aliphatic carbocycles. The van der Waals surface area contributed by atoms with Gasteiger partial charge >= 0.3 is 0 Å². The van der Waals surface area contributed by atoms with Crippen molar-refractivity contribution in [1.82, 2.24) is 20.1 Å². The number of aromatic nitrogens is 3. The fourth-order valence-electron chi connectivity index (χ4n) is 3.94. The van der Waals surface area contributed by atoms with Gasteiger partial charge in [-0.1, -0.05) is 39.0 Å². The van der Waals surface area contributed by atoms with Gasteiger partial charge in [-0.3, -0.25) is 0 Å².